The molecule has 1 aliphatic heterocycles. The molecule has 1 heterocycles. The van der Waals surface area contributed by atoms with Crippen LogP contribution in [0.2, 0.25) is 0 Å². The van der Waals surface area contributed by atoms with E-state index in [2.05, 4.69) is 5.32 Å². The van der Waals surface area contributed by atoms with Crippen LogP contribution in [-0.2, 0) is 14.3 Å². The number of ether oxygens (including phenoxy) is 1. The highest BCUT2D eigenvalue weighted by molar-refractivity contribution is 5.86. The Labute approximate surface area is 110 Å². The van der Waals surface area contributed by atoms with Crippen molar-refractivity contribution in [2.24, 2.45) is 0 Å². The first-order chi connectivity index (χ1) is 8.93. The van der Waals surface area contributed by atoms with Gasteiger partial charge in [0, 0.05) is 13.1 Å². The average Bonchev–Trinajstić information content (AvgIpc) is 2.37. The highest BCUT2D eigenvalue weighted by Gasteiger charge is 2.28. The maximum absolute atomic E-state index is 11.9. The number of rotatable bonds is 5. The smallest absolute Gasteiger partial charge is 0.326 e. The topological polar surface area (TPSA) is 116 Å². The fourth-order valence-electron chi connectivity index (χ4n) is 1.77. The first-order valence-electron chi connectivity index (χ1n) is 6.05. The summed E-state index contributed by atoms with van der Waals surface area (Å²) in [6, 6.07) is -2.00. The Balaban J connectivity index is 2.56. The minimum atomic E-state index is -1.42. The van der Waals surface area contributed by atoms with E-state index in [0.29, 0.717) is 19.7 Å². The second-order valence-corrected chi connectivity index (χ2v) is 4.29. The Hall–Kier alpha value is -1.83. The van der Waals surface area contributed by atoms with E-state index in [-0.39, 0.29) is 6.10 Å². The third-order valence-corrected chi connectivity index (χ3v) is 2.86. The number of nitrogens with one attached hydrogen (secondary N) is 1. The van der Waals surface area contributed by atoms with Crippen LogP contribution in [0.5, 0.6) is 0 Å². The van der Waals surface area contributed by atoms with Gasteiger partial charge in [-0.25, -0.2) is 9.59 Å². The van der Waals surface area contributed by atoms with Crippen molar-refractivity contribution in [2.75, 3.05) is 19.7 Å². The number of carbonyl (C=O) groups is 3. The molecule has 1 saturated heterocycles. The van der Waals surface area contributed by atoms with Gasteiger partial charge >= 0.3 is 18.0 Å². The second-order valence-electron chi connectivity index (χ2n) is 4.29. The number of aliphatic carboxylic acids is 2. The molecule has 0 saturated carbocycles. The maximum atomic E-state index is 11.9. The molecule has 8 heteroatoms. The van der Waals surface area contributed by atoms with Crippen LogP contribution >= 0.6 is 0 Å². The van der Waals surface area contributed by atoms with E-state index in [9.17, 15) is 14.4 Å². The average molecular weight is 274 g/mol. The molecule has 1 fully saturated rings. The molecule has 0 aromatic heterocycles. The largest absolute Gasteiger partial charge is 0.481 e. The van der Waals surface area contributed by atoms with E-state index in [1.807, 2.05) is 6.92 Å². The van der Waals surface area contributed by atoms with Crippen LogP contribution in [0, 0.1) is 0 Å². The monoisotopic (exact) mass is 274 g/mol. The highest BCUT2D eigenvalue weighted by atomic mass is 16.5. The van der Waals surface area contributed by atoms with E-state index in [1.54, 1.807) is 0 Å². The number of nitrogens with zero attached hydrogens (tertiary/aromatic N) is 1. The summed E-state index contributed by atoms with van der Waals surface area (Å²) in [4.78, 5) is 34.7. The summed E-state index contributed by atoms with van der Waals surface area (Å²) in [7, 11) is 0. The van der Waals surface area contributed by atoms with Crippen LogP contribution in [0.1, 0.15) is 19.8 Å². The number of amides is 2. The molecular formula is C11H18N2O6. The Morgan fingerprint density at radius 2 is 2.11 bits per heavy atom. The lowest BCUT2D eigenvalue weighted by atomic mass is 10.2. The predicted octanol–water partition coefficient (Wildman–Crippen LogP) is -0.265. The van der Waals surface area contributed by atoms with Gasteiger partial charge in [0.2, 0.25) is 0 Å². The molecule has 1 aliphatic rings. The van der Waals surface area contributed by atoms with E-state index >= 15 is 0 Å². The van der Waals surface area contributed by atoms with Crippen molar-refractivity contribution in [1.82, 2.24) is 10.2 Å². The number of hydrogen-bond donors (Lipinski definition) is 3. The molecule has 0 radical (unpaired) electrons. The third-order valence-electron chi connectivity index (χ3n) is 2.86. The Morgan fingerprint density at radius 1 is 1.42 bits per heavy atom. The lowest BCUT2D eigenvalue weighted by molar-refractivity contribution is -0.145. The van der Waals surface area contributed by atoms with Crippen molar-refractivity contribution >= 4 is 18.0 Å². The standard InChI is InChI=1S/C11H18N2O6/c1-2-7-6-13(3-4-19-7)11(18)12-8(10(16)17)5-9(14)15/h7-8H,2-6H2,1H3,(H,12,18)(H,14,15)(H,16,17)/t7?,8-/m0/s1. The van der Waals surface area contributed by atoms with Gasteiger partial charge in [0.15, 0.2) is 0 Å². The molecule has 0 aliphatic carbocycles. The molecule has 1 rings (SSSR count). The molecule has 2 atom stereocenters. The SMILES string of the molecule is CCC1CN(C(=O)N[C@@H](CC(=O)O)C(=O)O)CCO1. The fraction of sp³-hybridized carbons (Fsp3) is 0.727. The zero-order chi connectivity index (χ0) is 14.4. The summed E-state index contributed by atoms with van der Waals surface area (Å²) >= 11 is 0. The Morgan fingerprint density at radius 3 is 2.63 bits per heavy atom. The molecule has 0 aromatic rings. The molecular weight excluding hydrogens is 256 g/mol. The van der Waals surface area contributed by atoms with Gasteiger partial charge in [-0.1, -0.05) is 6.92 Å². The summed E-state index contributed by atoms with van der Waals surface area (Å²) in [6.07, 6.45) is 0.0337. The van der Waals surface area contributed by atoms with Gasteiger partial charge in [0.1, 0.15) is 6.04 Å². The number of carboxylic acid groups (broad SMARTS) is 2. The highest BCUT2D eigenvalue weighted by Crippen LogP contribution is 2.08. The van der Waals surface area contributed by atoms with Crippen LogP contribution in [-0.4, -0.2) is 64.9 Å². The van der Waals surface area contributed by atoms with Gasteiger partial charge in [-0.2, -0.15) is 0 Å². The molecule has 3 N–H and O–H groups in total. The van der Waals surface area contributed by atoms with Crippen LogP contribution in [0.3, 0.4) is 0 Å². The lowest BCUT2D eigenvalue weighted by Crippen LogP contribution is -2.53. The molecule has 2 amide bonds. The van der Waals surface area contributed by atoms with Crippen LogP contribution in [0.4, 0.5) is 4.79 Å². The fourth-order valence-corrected chi connectivity index (χ4v) is 1.77. The van der Waals surface area contributed by atoms with Crippen molar-refractivity contribution in [3.8, 4) is 0 Å². The molecule has 0 spiro atoms. The molecule has 1 unspecified atom stereocenters. The van der Waals surface area contributed by atoms with Crippen molar-refractivity contribution < 1.29 is 29.3 Å². The normalized spacial score (nSPS) is 20.7. The van der Waals surface area contributed by atoms with E-state index in [0.717, 1.165) is 6.42 Å². The zero-order valence-electron chi connectivity index (χ0n) is 10.7. The van der Waals surface area contributed by atoms with E-state index < -0.39 is 30.4 Å². The number of hydrogen-bond acceptors (Lipinski definition) is 4. The van der Waals surface area contributed by atoms with Crippen molar-refractivity contribution in [3.63, 3.8) is 0 Å². The van der Waals surface area contributed by atoms with Crippen LogP contribution in [0.25, 0.3) is 0 Å². The minimum absolute atomic E-state index is 0.0674. The number of urea groups is 1. The predicted molar refractivity (Wildman–Crippen MR) is 63.8 cm³/mol. The minimum Gasteiger partial charge on any atom is -0.481 e. The molecule has 19 heavy (non-hydrogen) atoms. The number of carbonyl (C=O) groups excluding carboxylic acids is 1. The third kappa shape index (κ3) is 4.74. The Kier molecular flexibility index (Phi) is 5.56. The Bertz CT molecular complexity index is 359. The van der Waals surface area contributed by atoms with Crippen molar-refractivity contribution in [2.45, 2.75) is 31.9 Å². The summed E-state index contributed by atoms with van der Waals surface area (Å²) in [5.74, 6) is -2.64. The van der Waals surface area contributed by atoms with Gasteiger partial charge in [0.05, 0.1) is 19.1 Å². The summed E-state index contributed by atoms with van der Waals surface area (Å²) in [6.45, 7) is 3.06. The zero-order valence-corrected chi connectivity index (χ0v) is 10.7. The lowest BCUT2D eigenvalue weighted by Gasteiger charge is -2.33. The molecule has 8 nitrogen and oxygen atoms in total. The van der Waals surface area contributed by atoms with E-state index in [1.165, 1.54) is 4.90 Å². The summed E-state index contributed by atoms with van der Waals surface area (Å²) in [5, 5.41) is 19.6. The quantitative estimate of drug-likeness (QED) is 0.635. The van der Waals surface area contributed by atoms with Gasteiger partial charge in [0.25, 0.3) is 0 Å². The first-order valence-corrected chi connectivity index (χ1v) is 6.05. The van der Waals surface area contributed by atoms with Gasteiger partial charge in [-0.05, 0) is 6.42 Å². The maximum Gasteiger partial charge on any atom is 0.326 e. The summed E-state index contributed by atoms with van der Waals surface area (Å²) in [5.41, 5.74) is 0. The van der Waals surface area contributed by atoms with Crippen LogP contribution in [0.15, 0.2) is 0 Å². The molecule has 0 aromatic carbocycles. The second kappa shape index (κ2) is 6.93. The first kappa shape index (κ1) is 15.2. The number of morpholine rings is 1. The number of carboxylic acids is 2. The van der Waals surface area contributed by atoms with E-state index in [4.69, 9.17) is 14.9 Å². The molecule has 108 valence electrons. The molecule has 0 bridgehead atoms. The van der Waals surface area contributed by atoms with Crippen LogP contribution < -0.4 is 5.32 Å². The van der Waals surface area contributed by atoms with Gasteiger partial charge in [-0.3, -0.25) is 4.79 Å². The van der Waals surface area contributed by atoms with Gasteiger partial charge < -0.3 is 25.2 Å². The summed E-state index contributed by atoms with van der Waals surface area (Å²) < 4.78 is 5.39. The van der Waals surface area contributed by atoms with Crippen molar-refractivity contribution in [3.05, 3.63) is 0 Å². The van der Waals surface area contributed by atoms with Gasteiger partial charge in [-0.15, -0.1) is 0 Å². The van der Waals surface area contributed by atoms with Crippen molar-refractivity contribution in [1.29, 1.82) is 0 Å².